The summed E-state index contributed by atoms with van der Waals surface area (Å²) in [4.78, 5) is 58.8. The standard InChI is InChI=1S/C18H33N5O7/c1-9(2)14(23-16(27)11(20)8-13(24)25)17(28)21-10(3)15(26)22-12(18(29)30)6-4-5-7-19/h9-12,14H,4-8,19-20H2,1-3H3,(H,21,28)(H,22,26)(H,23,27)(H,24,25)(H,29,30). The van der Waals surface area contributed by atoms with Gasteiger partial charge in [0.2, 0.25) is 17.7 Å². The van der Waals surface area contributed by atoms with Crippen molar-refractivity contribution in [3.05, 3.63) is 0 Å². The number of hydrogen-bond acceptors (Lipinski definition) is 7. The fraction of sp³-hybridized carbons (Fsp3) is 0.722. The Kier molecular flexibility index (Phi) is 12.3. The molecule has 0 radical (unpaired) electrons. The lowest BCUT2D eigenvalue weighted by Gasteiger charge is -2.25. The summed E-state index contributed by atoms with van der Waals surface area (Å²) in [7, 11) is 0. The third-order valence-corrected chi connectivity index (χ3v) is 4.29. The average molecular weight is 431 g/mol. The van der Waals surface area contributed by atoms with E-state index >= 15 is 0 Å². The number of nitrogens with two attached hydrogens (primary N) is 2. The number of carboxylic acid groups (broad SMARTS) is 2. The number of carbonyl (C=O) groups is 5. The molecule has 0 aromatic rings. The van der Waals surface area contributed by atoms with Gasteiger partial charge in [0.05, 0.1) is 12.5 Å². The molecule has 4 atom stereocenters. The highest BCUT2D eigenvalue weighted by Crippen LogP contribution is 2.05. The minimum Gasteiger partial charge on any atom is -0.481 e. The van der Waals surface area contributed by atoms with Crippen LogP contribution in [0.25, 0.3) is 0 Å². The molecule has 0 saturated carbocycles. The molecule has 0 bridgehead atoms. The second-order valence-electron chi connectivity index (χ2n) is 7.35. The molecule has 0 aliphatic heterocycles. The largest absolute Gasteiger partial charge is 0.481 e. The van der Waals surface area contributed by atoms with Crippen LogP contribution in [-0.4, -0.2) is 70.6 Å². The van der Waals surface area contributed by atoms with Crippen molar-refractivity contribution in [3.63, 3.8) is 0 Å². The predicted octanol–water partition coefficient (Wildman–Crippen LogP) is -1.87. The van der Waals surface area contributed by atoms with Gasteiger partial charge in [0.25, 0.3) is 0 Å². The molecule has 0 aromatic carbocycles. The zero-order valence-electron chi connectivity index (χ0n) is 17.5. The molecule has 4 unspecified atom stereocenters. The molecule has 3 amide bonds. The quantitative estimate of drug-likeness (QED) is 0.153. The Hall–Kier alpha value is -2.73. The lowest BCUT2D eigenvalue weighted by Crippen LogP contribution is -2.57. The predicted molar refractivity (Wildman–Crippen MR) is 107 cm³/mol. The molecule has 0 rings (SSSR count). The maximum atomic E-state index is 12.5. The highest BCUT2D eigenvalue weighted by Gasteiger charge is 2.30. The zero-order valence-corrected chi connectivity index (χ0v) is 17.5. The molecular formula is C18H33N5O7. The molecule has 0 aromatic heterocycles. The molecule has 0 aliphatic rings. The molecule has 0 heterocycles. The van der Waals surface area contributed by atoms with Crippen LogP contribution in [0.5, 0.6) is 0 Å². The van der Waals surface area contributed by atoms with Crippen LogP contribution in [0.4, 0.5) is 0 Å². The van der Waals surface area contributed by atoms with E-state index in [1.165, 1.54) is 6.92 Å². The minimum absolute atomic E-state index is 0.199. The Labute approximate surface area is 175 Å². The topological polar surface area (TPSA) is 214 Å². The number of amides is 3. The third-order valence-electron chi connectivity index (χ3n) is 4.29. The maximum absolute atomic E-state index is 12.5. The van der Waals surface area contributed by atoms with Gasteiger partial charge in [-0.15, -0.1) is 0 Å². The maximum Gasteiger partial charge on any atom is 0.326 e. The number of rotatable bonds is 14. The Morgan fingerprint density at radius 3 is 1.93 bits per heavy atom. The summed E-state index contributed by atoms with van der Waals surface area (Å²) >= 11 is 0. The van der Waals surface area contributed by atoms with Crippen molar-refractivity contribution in [2.45, 2.75) is 70.6 Å². The highest BCUT2D eigenvalue weighted by molar-refractivity contribution is 5.94. The number of carboxylic acids is 2. The van der Waals surface area contributed by atoms with Crippen LogP contribution in [0, 0.1) is 5.92 Å². The van der Waals surface area contributed by atoms with Gasteiger partial charge >= 0.3 is 11.9 Å². The second kappa shape index (κ2) is 13.5. The van der Waals surface area contributed by atoms with Gasteiger partial charge in [-0.1, -0.05) is 13.8 Å². The van der Waals surface area contributed by atoms with Gasteiger partial charge in [-0.3, -0.25) is 19.2 Å². The van der Waals surface area contributed by atoms with E-state index in [1.807, 2.05) is 0 Å². The SMILES string of the molecule is CC(NC(=O)C(NC(=O)C(N)CC(=O)O)C(C)C)C(=O)NC(CCCCN)C(=O)O. The van der Waals surface area contributed by atoms with Gasteiger partial charge in [0.15, 0.2) is 0 Å². The van der Waals surface area contributed by atoms with Crippen LogP contribution in [0.3, 0.4) is 0 Å². The average Bonchev–Trinajstić information content (AvgIpc) is 2.63. The van der Waals surface area contributed by atoms with Gasteiger partial charge < -0.3 is 37.6 Å². The minimum atomic E-state index is -1.33. The van der Waals surface area contributed by atoms with Crippen molar-refractivity contribution in [2.24, 2.45) is 17.4 Å². The van der Waals surface area contributed by atoms with Crippen LogP contribution >= 0.6 is 0 Å². The van der Waals surface area contributed by atoms with E-state index in [0.29, 0.717) is 19.4 Å². The van der Waals surface area contributed by atoms with Crippen LogP contribution in [0.2, 0.25) is 0 Å². The Balaban J connectivity index is 4.93. The normalized spacial score (nSPS) is 14.9. The van der Waals surface area contributed by atoms with Crippen molar-refractivity contribution in [2.75, 3.05) is 6.54 Å². The van der Waals surface area contributed by atoms with Gasteiger partial charge in [-0.05, 0) is 38.6 Å². The number of unbranched alkanes of at least 4 members (excludes halogenated alkanes) is 1. The highest BCUT2D eigenvalue weighted by atomic mass is 16.4. The van der Waals surface area contributed by atoms with E-state index in [4.69, 9.17) is 16.6 Å². The molecular weight excluding hydrogens is 398 g/mol. The Morgan fingerprint density at radius 1 is 0.867 bits per heavy atom. The van der Waals surface area contributed by atoms with E-state index in [-0.39, 0.29) is 12.3 Å². The van der Waals surface area contributed by atoms with Crippen molar-refractivity contribution in [1.29, 1.82) is 0 Å². The first-order chi connectivity index (χ1) is 13.9. The van der Waals surface area contributed by atoms with Gasteiger partial charge in [-0.25, -0.2) is 4.79 Å². The van der Waals surface area contributed by atoms with Crippen LogP contribution < -0.4 is 27.4 Å². The monoisotopic (exact) mass is 431 g/mol. The number of hydrogen-bond donors (Lipinski definition) is 7. The van der Waals surface area contributed by atoms with Crippen LogP contribution in [0.15, 0.2) is 0 Å². The fourth-order valence-corrected chi connectivity index (χ4v) is 2.49. The number of nitrogens with one attached hydrogen (secondary N) is 3. The van der Waals surface area contributed by atoms with Gasteiger partial charge in [0.1, 0.15) is 18.1 Å². The van der Waals surface area contributed by atoms with Crippen molar-refractivity contribution in [1.82, 2.24) is 16.0 Å². The van der Waals surface area contributed by atoms with Gasteiger partial charge in [0, 0.05) is 0 Å². The molecule has 9 N–H and O–H groups in total. The summed E-state index contributed by atoms with van der Waals surface area (Å²) in [5.41, 5.74) is 10.9. The molecule has 0 saturated heterocycles. The molecule has 172 valence electrons. The summed E-state index contributed by atoms with van der Waals surface area (Å²) in [6, 6.07) is -4.58. The Bertz CT molecular complexity index is 626. The van der Waals surface area contributed by atoms with E-state index < -0.39 is 60.2 Å². The molecule has 0 fully saturated rings. The lowest BCUT2D eigenvalue weighted by molar-refractivity contribution is -0.142. The number of carbonyl (C=O) groups excluding carboxylic acids is 3. The fourth-order valence-electron chi connectivity index (χ4n) is 2.49. The third kappa shape index (κ3) is 10.2. The molecule has 0 aliphatic carbocycles. The first-order valence-electron chi connectivity index (χ1n) is 9.72. The molecule has 12 nitrogen and oxygen atoms in total. The molecule has 12 heteroatoms. The van der Waals surface area contributed by atoms with E-state index in [0.717, 1.165) is 0 Å². The first-order valence-corrected chi connectivity index (χ1v) is 9.72. The lowest BCUT2D eigenvalue weighted by atomic mass is 10.0. The van der Waals surface area contributed by atoms with Crippen molar-refractivity contribution < 1.29 is 34.2 Å². The summed E-state index contributed by atoms with van der Waals surface area (Å²) in [5.74, 6) is -5.02. The van der Waals surface area contributed by atoms with Crippen LogP contribution in [0.1, 0.15) is 46.5 Å². The van der Waals surface area contributed by atoms with Gasteiger partial charge in [-0.2, -0.15) is 0 Å². The summed E-state index contributed by atoms with van der Waals surface area (Å²) < 4.78 is 0. The van der Waals surface area contributed by atoms with E-state index in [1.54, 1.807) is 13.8 Å². The second-order valence-corrected chi connectivity index (χ2v) is 7.35. The van der Waals surface area contributed by atoms with E-state index in [9.17, 15) is 29.1 Å². The van der Waals surface area contributed by atoms with Crippen LogP contribution in [-0.2, 0) is 24.0 Å². The Morgan fingerprint density at radius 2 is 1.47 bits per heavy atom. The smallest absolute Gasteiger partial charge is 0.326 e. The van der Waals surface area contributed by atoms with E-state index in [2.05, 4.69) is 16.0 Å². The molecule has 0 spiro atoms. The van der Waals surface area contributed by atoms with Crippen molar-refractivity contribution >= 4 is 29.7 Å². The summed E-state index contributed by atoms with van der Waals surface area (Å²) in [6.07, 6.45) is 0.737. The van der Waals surface area contributed by atoms with Crippen molar-refractivity contribution in [3.8, 4) is 0 Å². The number of aliphatic carboxylic acids is 2. The summed E-state index contributed by atoms with van der Waals surface area (Å²) in [6.45, 7) is 5.08. The summed E-state index contributed by atoms with van der Waals surface area (Å²) in [5, 5.41) is 25.1. The first kappa shape index (κ1) is 27.3. The zero-order chi connectivity index (χ0) is 23.4. The molecule has 30 heavy (non-hydrogen) atoms.